The summed E-state index contributed by atoms with van der Waals surface area (Å²) in [5.74, 6) is -0.00648. The molecule has 0 atom stereocenters. The Bertz CT molecular complexity index is 1100. The van der Waals surface area contributed by atoms with E-state index in [9.17, 15) is 4.79 Å². The average Bonchev–Trinajstić information content (AvgIpc) is 3.14. The molecule has 7 heteroatoms. The minimum atomic E-state index is -0.392. The van der Waals surface area contributed by atoms with Crippen molar-refractivity contribution >= 4 is 46.5 Å². The van der Waals surface area contributed by atoms with Crippen LogP contribution < -0.4 is 0 Å². The van der Waals surface area contributed by atoms with Crippen LogP contribution in [0.15, 0.2) is 57.6 Å². The van der Waals surface area contributed by atoms with Gasteiger partial charge in [0, 0.05) is 27.5 Å². The maximum atomic E-state index is 12.3. The van der Waals surface area contributed by atoms with Crippen LogP contribution in [0.3, 0.4) is 0 Å². The number of ether oxygens (including phenoxy) is 1. The van der Waals surface area contributed by atoms with Crippen LogP contribution in [0.1, 0.15) is 36.0 Å². The second-order valence-electron chi connectivity index (χ2n) is 6.68. The summed E-state index contributed by atoms with van der Waals surface area (Å²) in [6, 6.07) is 10.1. The summed E-state index contributed by atoms with van der Waals surface area (Å²) in [4.78, 5) is 21.1. The molecule has 0 radical (unpaired) electrons. The van der Waals surface area contributed by atoms with Gasteiger partial charge < -0.3 is 9.15 Å². The Morgan fingerprint density at radius 2 is 1.93 bits per heavy atom. The minimum absolute atomic E-state index is 0.340. The summed E-state index contributed by atoms with van der Waals surface area (Å²) in [6.45, 7) is 0.340. The van der Waals surface area contributed by atoms with Gasteiger partial charge in [0.25, 0.3) is 0 Å². The van der Waals surface area contributed by atoms with E-state index in [2.05, 4.69) is 16.1 Å². The summed E-state index contributed by atoms with van der Waals surface area (Å²) in [5.41, 5.74) is 3.27. The lowest BCUT2D eigenvalue weighted by atomic mass is 10.1. The molecule has 2 heterocycles. The van der Waals surface area contributed by atoms with Crippen molar-refractivity contribution in [3.8, 4) is 11.5 Å². The zero-order valence-electron chi connectivity index (χ0n) is 15.5. The molecule has 2 aromatic carbocycles. The fourth-order valence-electron chi connectivity index (χ4n) is 3.08. The quantitative estimate of drug-likeness (QED) is 0.332. The van der Waals surface area contributed by atoms with Gasteiger partial charge in [-0.1, -0.05) is 29.3 Å². The molecule has 0 spiro atoms. The van der Waals surface area contributed by atoms with E-state index in [1.54, 1.807) is 36.4 Å². The molecule has 1 aromatic heterocycles. The number of aromatic nitrogens is 1. The minimum Gasteiger partial charge on any atom is -0.462 e. The summed E-state index contributed by atoms with van der Waals surface area (Å²) in [5, 5.41) is 0.988. The van der Waals surface area contributed by atoms with Gasteiger partial charge in [0.1, 0.15) is 5.52 Å². The standard InChI is InChI=1S/C22H18Cl2N2O3/c23-16-10-15(11-17(24)13-16)21-26-19-7-6-14(12-20(19)29-21)22(27)28-9-3-5-18-4-1-2-8-25-18/h4,6-8,10-13H,1-3,5,9H2. The van der Waals surface area contributed by atoms with Gasteiger partial charge >= 0.3 is 5.97 Å². The highest BCUT2D eigenvalue weighted by Gasteiger charge is 2.14. The molecule has 1 aliphatic rings. The molecule has 5 nitrogen and oxygen atoms in total. The molecular formula is C22H18Cl2N2O3. The molecular weight excluding hydrogens is 411 g/mol. The first-order chi connectivity index (χ1) is 14.1. The van der Waals surface area contributed by atoms with Gasteiger partial charge in [-0.15, -0.1) is 0 Å². The Morgan fingerprint density at radius 3 is 2.69 bits per heavy atom. The first kappa shape index (κ1) is 19.7. The average molecular weight is 429 g/mol. The normalized spacial score (nSPS) is 13.5. The van der Waals surface area contributed by atoms with E-state index >= 15 is 0 Å². The lowest BCUT2D eigenvalue weighted by molar-refractivity contribution is 0.0500. The number of oxazole rings is 1. The highest BCUT2D eigenvalue weighted by atomic mass is 35.5. The third-order valence-electron chi connectivity index (χ3n) is 4.48. The lowest BCUT2D eigenvalue weighted by Gasteiger charge is -2.07. The number of aliphatic imine (C=N–C) groups is 1. The summed E-state index contributed by atoms with van der Waals surface area (Å²) >= 11 is 12.1. The number of nitrogens with zero attached hydrogens (tertiary/aromatic N) is 2. The molecule has 0 N–H and O–H groups in total. The van der Waals surface area contributed by atoms with Gasteiger partial charge in [-0.25, -0.2) is 9.78 Å². The van der Waals surface area contributed by atoms with Crippen LogP contribution in [0.4, 0.5) is 0 Å². The van der Waals surface area contributed by atoms with E-state index in [0.717, 1.165) is 31.4 Å². The number of rotatable bonds is 6. The molecule has 0 saturated heterocycles. The van der Waals surface area contributed by atoms with Crippen molar-refractivity contribution in [1.82, 2.24) is 4.98 Å². The van der Waals surface area contributed by atoms with Gasteiger partial charge in [-0.05, 0) is 62.1 Å². The number of halogens is 2. The smallest absolute Gasteiger partial charge is 0.338 e. The van der Waals surface area contributed by atoms with Crippen LogP contribution >= 0.6 is 23.2 Å². The highest BCUT2D eigenvalue weighted by Crippen LogP contribution is 2.29. The zero-order chi connectivity index (χ0) is 20.2. The molecule has 1 aliphatic heterocycles. The Balaban J connectivity index is 1.42. The molecule has 148 valence electrons. The summed E-state index contributed by atoms with van der Waals surface area (Å²) in [7, 11) is 0. The predicted molar refractivity (Wildman–Crippen MR) is 115 cm³/mol. The number of allylic oxidation sites excluding steroid dienone is 2. The van der Waals surface area contributed by atoms with Gasteiger partial charge in [0.2, 0.25) is 5.89 Å². The molecule has 0 fully saturated rings. The largest absolute Gasteiger partial charge is 0.462 e. The number of fused-ring (bicyclic) bond motifs is 1. The Morgan fingerprint density at radius 1 is 1.10 bits per heavy atom. The second-order valence-corrected chi connectivity index (χ2v) is 7.56. The van der Waals surface area contributed by atoms with Gasteiger partial charge in [-0.2, -0.15) is 0 Å². The van der Waals surface area contributed by atoms with E-state index in [-0.39, 0.29) is 0 Å². The molecule has 3 aromatic rings. The van der Waals surface area contributed by atoms with Crippen LogP contribution in [0.2, 0.25) is 10.0 Å². The van der Waals surface area contributed by atoms with Crippen molar-refractivity contribution in [2.45, 2.75) is 25.7 Å². The maximum Gasteiger partial charge on any atom is 0.338 e. The molecule has 0 unspecified atom stereocenters. The fraction of sp³-hybridized carbons (Fsp3) is 0.227. The Labute approximate surface area is 178 Å². The van der Waals surface area contributed by atoms with E-state index < -0.39 is 5.97 Å². The number of carbonyl (C=O) groups excluding carboxylic acids is 1. The Kier molecular flexibility index (Phi) is 5.97. The molecule has 4 rings (SSSR count). The molecule has 0 bridgehead atoms. The van der Waals surface area contributed by atoms with Crippen molar-refractivity contribution < 1.29 is 13.9 Å². The first-order valence-corrected chi connectivity index (χ1v) is 10.1. The van der Waals surface area contributed by atoms with E-state index in [4.69, 9.17) is 32.4 Å². The van der Waals surface area contributed by atoms with Crippen molar-refractivity contribution in [3.05, 3.63) is 63.8 Å². The molecule has 29 heavy (non-hydrogen) atoms. The predicted octanol–water partition coefficient (Wildman–Crippen LogP) is 6.49. The topological polar surface area (TPSA) is 64.7 Å². The maximum absolute atomic E-state index is 12.3. The van der Waals surface area contributed by atoms with Gasteiger partial charge in [-0.3, -0.25) is 4.99 Å². The first-order valence-electron chi connectivity index (χ1n) is 9.34. The SMILES string of the molecule is O=C(OCCCC1=CCCC=N1)c1ccc2nc(-c3cc(Cl)cc(Cl)c3)oc2c1. The van der Waals surface area contributed by atoms with Gasteiger partial charge in [0.15, 0.2) is 5.58 Å². The highest BCUT2D eigenvalue weighted by molar-refractivity contribution is 6.35. The molecule has 0 saturated carbocycles. The van der Waals surface area contributed by atoms with Crippen LogP contribution in [0, 0.1) is 0 Å². The molecule has 0 amide bonds. The number of benzene rings is 2. The summed E-state index contributed by atoms with van der Waals surface area (Å²) < 4.78 is 11.2. The van der Waals surface area contributed by atoms with E-state index in [1.165, 1.54) is 0 Å². The van der Waals surface area contributed by atoms with Crippen molar-refractivity contribution in [3.63, 3.8) is 0 Å². The fourth-order valence-corrected chi connectivity index (χ4v) is 3.61. The van der Waals surface area contributed by atoms with Crippen LogP contribution in [-0.2, 0) is 4.74 Å². The number of carbonyl (C=O) groups is 1. The zero-order valence-corrected chi connectivity index (χ0v) is 17.0. The van der Waals surface area contributed by atoms with Crippen molar-refractivity contribution in [1.29, 1.82) is 0 Å². The van der Waals surface area contributed by atoms with Crippen molar-refractivity contribution in [2.75, 3.05) is 6.61 Å². The van der Waals surface area contributed by atoms with Gasteiger partial charge in [0.05, 0.1) is 12.2 Å². The second kappa shape index (κ2) is 8.80. The van der Waals surface area contributed by atoms with Crippen LogP contribution in [0.5, 0.6) is 0 Å². The third-order valence-corrected chi connectivity index (χ3v) is 4.91. The van der Waals surface area contributed by atoms with E-state index in [1.807, 2.05) is 6.21 Å². The van der Waals surface area contributed by atoms with E-state index in [0.29, 0.717) is 44.8 Å². The summed E-state index contributed by atoms with van der Waals surface area (Å²) in [6.07, 6.45) is 7.62. The number of hydrogen-bond donors (Lipinski definition) is 0. The van der Waals surface area contributed by atoms with Crippen molar-refractivity contribution in [2.24, 2.45) is 4.99 Å². The molecule has 0 aliphatic carbocycles. The van der Waals surface area contributed by atoms with Crippen LogP contribution in [-0.4, -0.2) is 23.8 Å². The van der Waals surface area contributed by atoms with Crippen LogP contribution in [0.25, 0.3) is 22.6 Å². The number of hydrogen-bond acceptors (Lipinski definition) is 5. The third kappa shape index (κ3) is 4.86. The monoisotopic (exact) mass is 428 g/mol. The number of esters is 1. The lowest BCUT2D eigenvalue weighted by Crippen LogP contribution is -2.06. The Hall–Kier alpha value is -2.63.